The first-order chi connectivity index (χ1) is 9.16. The SMILES string of the molecule is O=C1CCCC(=O)N1C(Cc1ccoc1)C1OC1O. The van der Waals surface area contributed by atoms with E-state index in [1.54, 1.807) is 12.3 Å². The summed E-state index contributed by atoms with van der Waals surface area (Å²) in [6.07, 6.45) is 3.51. The molecule has 1 aromatic heterocycles. The van der Waals surface area contributed by atoms with Crippen LogP contribution in [-0.4, -0.2) is 40.3 Å². The third kappa shape index (κ3) is 2.41. The van der Waals surface area contributed by atoms with Gasteiger partial charge in [0.25, 0.3) is 0 Å². The third-order valence-electron chi connectivity index (χ3n) is 3.56. The molecule has 2 amide bonds. The number of furan rings is 1. The number of hydrogen-bond donors (Lipinski definition) is 1. The second kappa shape index (κ2) is 4.79. The summed E-state index contributed by atoms with van der Waals surface area (Å²) in [5, 5.41) is 9.43. The van der Waals surface area contributed by atoms with Gasteiger partial charge in [-0.3, -0.25) is 14.5 Å². The lowest BCUT2D eigenvalue weighted by Crippen LogP contribution is -2.50. The van der Waals surface area contributed by atoms with Crippen molar-refractivity contribution in [1.82, 2.24) is 4.90 Å². The Kier molecular flexibility index (Phi) is 3.12. The van der Waals surface area contributed by atoms with Crippen molar-refractivity contribution in [2.45, 2.75) is 44.1 Å². The number of hydrogen-bond acceptors (Lipinski definition) is 5. The van der Waals surface area contributed by atoms with E-state index in [9.17, 15) is 14.7 Å². The first kappa shape index (κ1) is 12.4. The van der Waals surface area contributed by atoms with Gasteiger partial charge < -0.3 is 14.3 Å². The van der Waals surface area contributed by atoms with Gasteiger partial charge in [0.05, 0.1) is 18.6 Å². The Morgan fingerprint density at radius 1 is 1.37 bits per heavy atom. The quantitative estimate of drug-likeness (QED) is 0.631. The molecule has 3 heterocycles. The fourth-order valence-electron chi connectivity index (χ4n) is 2.54. The average Bonchev–Trinajstić information content (AvgIpc) is 2.88. The van der Waals surface area contributed by atoms with Crippen molar-refractivity contribution >= 4 is 11.8 Å². The van der Waals surface area contributed by atoms with E-state index in [0.717, 1.165) is 5.56 Å². The normalized spacial score (nSPS) is 28.6. The molecule has 3 atom stereocenters. The second-order valence-electron chi connectivity index (χ2n) is 4.91. The molecular formula is C13H15NO5. The maximum atomic E-state index is 12.0. The van der Waals surface area contributed by atoms with Crippen LogP contribution in [0.5, 0.6) is 0 Å². The Hall–Kier alpha value is -1.66. The second-order valence-corrected chi connectivity index (χ2v) is 4.91. The van der Waals surface area contributed by atoms with Crippen LogP contribution in [0.4, 0.5) is 0 Å². The number of piperidine rings is 1. The molecule has 3 unspecified atom stereocenters. The van der Waals surface area contributed by atoms with Crippen LogP contribution in [0.15, 0.2) is 23.0 Å². The highest BCUT2D eigenvalue weighted by Gasteiger charge is 2.49. The lowest BCUT2D eigenvalue weighted by atomic mass is 9.99. The lowest BCUT2D eigenvalue weighted by molar-refractivity contribution is -0.151. The van der Waals surface area contributed by atoms with Gasteiger partial charge >= 0.3 is 0 Å². The fraction of sp³-hybridized carbons (Fsp3) is 0.538. The number of rotatable bonds is 4. The molecule has 6 nitrogen and oxygen atoms in total. The summed E-state index contributed by atoms with van der Waals surface area (Å²) in [6, 6.07) is 1.33. The maximum absolute atomic E-state index is 12.0. The fourth-order valence-corrected chi connectivity index (χ4v) is 2.54. The summed E-state index contributed by atoms with van der Waals surface area (Å²) in [5.41, 5.74) is 0.874. The van der Waals surface area contributed by atoms with Gasteiger partial charge in [0.2, 0.25) is 11.8 Å². The number of epoxide rings is 1. The number of imide groups is 1. The standard InChI is InChI=1S/C13H15NO5/c15-10-2-1-3-11(16)14(10)9(12-13(17)19-12)6-8-4-5-18-7-8/h4-5,7,9,12-13,17H,1-3,6H2. The molecule has 2 saturated heterocycles. The highest BCUT2D eigenvalue weighted by atomic mass is 16.7. The third-order valence-corrected chi connectivity index (χ3v) is 3.56. The molecule has 1 aromatic rings. The molecule has 102 valence electrons. The highest BCUT2D eigenvalue weighted by molar-refractivity contribution is 5.98. The first-order valence-corrected chi connectivity index (χ1v) is 6.36. The van der Waals surface area contributed by atoms with E-state index >= 15 is 0 Å². The van der Waals surface area contributed by atoms with Crippen molar-refractivity contribution in [2.75, 3.05) is 0 Å². The smallest absolute Gasteiger partial charge is 0.229 e. The first-order valence-electron chi connectivity index (χ1n) is 6.36. The Bertz CT molecular complexity index is 467. The van der Waals surface area contributed by atoms with Crippen molar-refractivity contribution in [1.29, 1.82) is 0 Å². The molecule has 6 heteroatoms. The molecule has 1 N–H and O–H groups in total. The zero-order chi connectivity index (χ0) is 13.4. The highest BCUT2D eigenvalue weighted by Crippen LogP contribution is 2.31. The van der Waals surface area contributed by atoms with E-state index in [2.05, 4.69) is 0 Å². The van der Waals surface area contributed by atoms with Crippen molar-refractivity contribution in [2.24, 2.45) is 0 Å². The van der Waals surface area contributed by atoms with E-state index in [0.29, 0.717) is 25.7 Å². The zero-order valence-electron chi connectivity index (χ0n) is 10.3. The predicted octanol–water partition coefficient (Wildman–Crippen LogP) is 0.447. The number of aliphatic hydroxyl groups excluding tert-OH is 1. The largest absolute Gasteiger partial charge is 0.472 e. The minimum Gasteiger partial charge on any atom is -0.472 e. The molecule has 3 rings (SSSR count). The van der Waals surface area contributed by atoms with E-state index in [-0.39, 0.29) is 11.8 Å². The number of carbonyl (C=O) groups excluding carboxylic acids is 2. The van der Waals surface area contributed by atoms with Gasteiger partial charge in [-0.2, -0.15) is 0 Å². The summed E-state index contributed by atoms with van der Waals surface area (Å²) in [6.45, 7) is 0. The van der Waals surface area contributed by atoms with Crippen LogP contribution in [0.2, 0.25) is 0 Å². The van der Waals surface area contributed by atoms with Gasteiger partial charge in [0, 0.05) is 12.8 Å². The number of nitrogens with zero attached hydrogens (tertiary/aromatic N) is 1. The van der Waals surface area contributed by atoms with Crippen molar-refractivity contribution in [3.63, 3.8) is 0 Å². The van der Waals surface area contributed by atoms with E-state index < -0.39 is 18.4 Å². The van der Waals surface area contributed by atoms with E-state index in [4.69, 9.17) is 9.15 Å². The number of carbonyl (C=O) groups is 2. The van der Waals surface area contributed by atoms with E-state index in [1.807, 2.05) is 0 Å². The monoisotopic (exact) mass is 265 g/mol. The average molecular weight is 265 g/mol. The molecule has 0 saturated carbocycles. The van der Waals surface area contributed by atoms with Gasteiger partial charge in [0.1, 0.15) is 6.10 Å². The van der Waals surface area contributed by atoms with E-state index in [1.165, 1.54) is 11.2 Å². The topological polar surface area (TPSA) is 83.3 Å². The van der Waals surface area contributed by atoms with Gasteiger partial charge in [-0.15, -0.1) is 0 Å². The molecule has 2 fully saturated rings. The molecular weight excluding hydrogens is 250 g/mol. The molecule has 2 aliphatic heterocycles. The number of amides is 2. The Morgan fingerprint density at radius 2 is 2.05 bits per heavy atom. The van der Waals surface area contributed by atoms with Crippen LogP contribution < -0.4 is 0 Å². The zero-order valence-corrected chi connectivity index (χ0v) is 10.3. The van der Waals surface area contributed by atoms with Crippen LogP contribution in [0, 0.1) is 0 Å². The van der Waals surface area contributed by atoms with Gasteiger partial charge in [-0.1, -0.05) is 0 Å². The summed E-state index contributed by atoms with van der Waals surface area (Å²) >= 11 is 0. The number of aliphatic hydroxyl groups is 1. The summed E-state index contributed by atoms with van der Waals surface area (Å²) in [7, 11) is 0. The molecule has 2 aliphatic rings. The van der Waals surface area contributed by atoms with Crippen LogP contribution in [0.1, 0.15) is 24.8 Å². The van der Waals surface area contributed by atoms with Gasteiger partial charge in [0.15, 0.2) is 6.29 Å². The molecule has 0 aliphatic carbocycles. The molecule has 0 spiro atoms. The lowest BCUT2D eigenvalue weighted by Gasteiger charge is -2.31. The predicted molar refractivity (Wildman–Crippen MR) is 62.8 cm³/mol. The molecule has 0 radical (unpaired) electrons. The summed E-state index contributed by atoms with van der Waals surface area (Å²) < 4.78 is 10.0. The molecule has 0 bridgehead atoms. The summed E-state index contributed by atoms with van der Waals surface area (Å²) in [4.78, 5) is 25.2. The number of likely N-dealkylation sites (tertiary alicyclic amines) is 1. The van der Waals surface area contributed by atoms with Gasteiger partial charge in [-0.05, 0) is 24.5 Å². The summed E-state index contributed by atoms with van der Waals surface area (Å²) in [5.74, 6) is -0.375. The molecule has 0 aromatic carbocycles. The number of ether oxygens (including phenoxy) is 1. The minimum atomic E-state index is -0.889. The Morgan fingerprint density at radius 3 is 2.58 bits per heavy atom. The van der Waals surface area contributed by atoms with Gasteiger partial charge in [-0.25, -0.2) is 0 Å². The minimum absolute atomic E-state index is 0.188. The van der Waals surface area contributed by atoms with Crippen molar-refractivity contribution in [3.05, 3.63) is 24.2 Å². The van der Waals surface area contributed by atoms with Crippen LogP contribution in [0.25, 0.3) is 0 Å². The Balaban J connectivity index is 1.81. The van der Waals surface area contributed by atoms with Crippen molar-refractivity contribution in [3.8, 4) is 0 Å². The van der Waals surface area contributed by atoms with Crippen LogP contribution in [0.3, 0.4) is 0 Å². The maximum Gasteiger partial charge on any atom is 0.229 e. The molecule has 19 heavy (non-hydrogen) atoms. The Labute approximate surface area is 109 Å². The van der Waals surface area contributed by atoms with Crippen LogP contribution in [-0.2, 0) is 20.7 Å². The van der Waals surface area contributed by atoms with Crippen LogP contribution >= 0.6 is 0 Å². The van der Waals surface area contributed by atoms with Crippen molar-refractivity contribution < 1.29 is 23.8 Å².